The van der Waals surface area contributed by atoms with Crippen molar-refractivity contribution in [1.29, 1.82) is 0 Å². The smallest absolute Gasteiger partial charge is 0.188 e. The molecule has 0 heterocycles. The molecule has 5 heteroatoms. The topological polar surface area (TPSA) is 44.5 Å². The minimum Gasteiger partial charge on any atom is -0.466 e. The number of halogens is 2. The zero-order valence-corrected chi connectivity index (χ0v) is 9.23. The van der Waals surface area contributed by atoms with Crippen LogP contribution in [0, 0.1) is 0 Å². The van der Waals surface area contributed by atoms with E-state index in [0.717, 1.165) is 5.56 Å². The summed E-state index contributed by atoms with van der Waals surface area (Å²) < 4.78 is 10.0. The van der Waals surface area contributed by atoms with E-state index in [9.17, 15) is 0 Å². The van der Waals surface area contributed by atoms with Crippen molar-refractivity contribution in [2.75, 3.05) is 13.9 Å². The van der Waals surface area contributed by atoms with E-state index in [0.29, 0.717) is 22.3 Å². The Morgan fingerprint density at radius 2 is 2.07 bits per heavy atom. The summed E-state index contributed by atoms with van der Waals surface area (Å²) in [4.78, 5) is 0. The van der Waals surface area contributed by atoms with E-state index in [1.165, 1.54) is 7.11 Å². The van der Waals surface area contributed by atoms with Crippen LogP contribution in [0.4, 0.5) is 0 Å². The summed E-state index contributed by atoms with van der Waals surface area (Å²) in [6.45, 7) is 0.452. The summed E-state index contributed by atoms with van der Waals surface area (Å²) in [5.41, 5.74) is 6.29. The second-order valence-electron chi connectivity index (χ2n) is 2.63. The van der Waals surface area contributed by atoms with Crippen molar-refractivity contribution in [3.63, 3.8) is 0 Å². The summed E-state index contributed by atoms with van der Waals surface area (Å²) in [6, 6.07) is 3.33. The number of rotatable bonds is 4. The normalized spacial score (nSPS) is 10.3. The highest BCUT2D eigenvalue weighted by molar-refractivity contribution is 6.35. The molecule has 0 radical (unpaired) electrons. The summed E-state index contributed by atoms with van der Waals surface area (Å²) in [7, 11) is 1.53. The molecule has 0 aliphatic rings. The SMILES string of the molecule is COCOc1c(Cl)cc(Cl)cc1CN. The van der Waals surface area contributed by atoms with Crippen LogP contribution in [-0.2, 0) is 11.3 Å². The fourth-order valence-electron chi connectivity index (χ4n) is 1.04. The average molecular weight is 236 g/mol. The molecule has 0 aromatic heterocycles. The molecular formula is C9H11Cl2NO2. The monoisotopic (exact) mass is 235 g/mol. The van der Waals surface area contributed by atoms with E-state index in [4.69, 9.17) is 38.4 Å². The summed E-state index contributed by atoms with van der Waals surface area (Å²) in [5.74, 6) is 0.528. The van der Waals surface area contributed by atoms with Crippen LogP contribution in [0.1, 0.15) is 5.56 Å². The lowest BCUT2D eigenvalue weighted by Crippen LogP contribution is -2.05. The Morgan fingerprint density at radius 1 is 1.36 bits per heavy atom. The summed E-state index contributed by atoms with van der Waals surface area (Å²) in [6.07, 6.45) is 0. The molecule has 0 aliphatic heterocycles. The third kappa shape index (κ3) is 2.75. The minimum absolute atomic E-state index is 0.133. The van der Waals surface area contributed by atoms with Crippen LogP contribution in [0.5, 0.6) is 5.75 Å². The largest absolute Gasteiger partial charge is 0.466 e. The Morgan fingerprint density at radius 3 is 2.64 bits per heavy atom. The first-order valence-electron chi connectivity index (χ1n) is 3.98. The first-order valence-corrected chi connectivity index (χ1v) is 4.74. The third-order valence-electron chi connectivity index (χ3n) is 1.63. The Bertz CT molecular complexity index is 318. The van der Waals surface area contributed by atoms with Gasteiger partial charge in [0.2, 0.25) is 0 Å². The van der Waals surface area contributed by atoms with Gasteiger partial charge in [0.25, 0.3) is 0 Å². The van der Waals surface area contributed by atoms with Gasteiger partial charge < -0.3 is 15.2 Å². The quantitative estimate of drug-likeness (QED) is 0.816. The van der Waals surface area contributed by atoms with Crippen LogP contribution in [0.15, 0.2) is 12.1 Å². The fourth-order valence-corrected chi connectivity index (χ4v) is 1.63. The van der Waals surface area contributed by atoms with Gasteiger partial charge in [-0.3, -0.25) is 0 Å². The van der Waals surface area contributed by atoms with E-state index in [1.54, 1.807) is 12.1 Å². The highest BCUT2D eigenvalue weighted by Gasteiger charge is 2.09. The molecule has 2 N–H and O–H groups in total. The van der Waals surface area contributed by atoms with E-state index in [2.05, 4.69) is 0 Å². The van der Waals surface area contributed by atoms with Crippen molar-refractivity contribution in [3.05, 3.63) is 27.7 Å². The Kier molecular flexibility index (Phi) is 4.48. The van der Waals surface area contributed by atoms with Crippen molar-refractivity contribution in [2.45, 2.75) is 6.54 Å². The molecule has 14 heavy (non-hydrogen) atoms. The molecule has 0 atom stereocenters. The van der Waals surface area contributed by atoms with E-state index in [-0.39, 0.29) is 6.79 Å². The highest BCUT2D eigenvalue weighted by Crippen LogP contribution is 2.32. The molecule has 1 rings (SSSR count). The number of hydrogen-bond donors (Lipinski definition) is 1. The number of nitrogens with two attached hydrogens (primary N) is 1. The van der Waals surface area contributed by atoms with Crippen molar-refractivity contribution in [3.8, 4) is 5.75 Å². The van der Waals surface area contributed by atoms with Crippen LogP contribution in [-0.4, -0.2) is 13.9 Å². The van der Waals surface area contributed by atoms with E-state index in [1.807, 2.05) is 0 Å². The predicted molar refractivity (Wildman–Crippen MR) is 56.9 cm³/mol. The molecule has 0 fully saturated rings. The van der Waals surface area contributed by atoms with Crippen LogP contribution < -0.4 is 10.5 Å². The molecule has 0 saturated carbocycles. The number of hydrogen-bond acceptors (Lipinski definition) is 3. The van der Waals surface area contributed by atoms with Gasteiger partial charge in [-0.05, 0) is 12.1 Å². The van der Waals surface area contributed by atoms with Crippen molar-refractivity contribution in [1.82, 2.24) is 0 Å². The summed E-state index contributed by atoms with van der Waals surface area (Å²) in [5, 5.41) is 0.982. The lowest BCUT2D eigenvalue weighted by Gasteiger charge is -2.11. The third-order valence-corrected chi connectivity index (χ3v) is 2.13. The Labute approximate surface area is 92.7 Å². The van der Waals surface area contributed by atoms with Crippen LogP contribution in [0.25, 0.3) is 0 Å². The fraction of sp³-hybridized carbons (Fsp3) is 0.333. The lowest BCUT2D eigenvalue weighted by molar-refractivity contribution is 0.0505. The number of benzene rings is 1. The summed E-state index contributed by atoms with van der Waals surface area (Å²) >= 11 is 11.7. The molecule has 78 valence electrons. The van der Waals surface area contributed by atoms with E-state index < -0.39 is 0 Å². The molecule has 0 spiro atoms. The van der Waals surface area contributed by atoms with Gasteiger partial charge in [0, 0.05) is 24.2 Å². The second-order valence-corrected chi connectivity index (χ2v) is 3.47. The molecule has 0 saturated heterocycles. The van der Waals surface area contributed by atoms with Gasteiger partial charge in [-0.15, -0.1) is 0 Å². The minimum atomic E-state index is 0.133. The van der Waals surface area contributed by atoms with Crippen molar-refractivity contribution >= 4 is 23.2 Å². The molecule has 3 nitrogen and oxygen atoms in total. The van der Waals surface area contributed by atoms with Gasteiger partial charge in [-0.25, -0.2) is 0 Å². The van der Waals surface area contributed by atoms with Gasteiger partial charge in [0.05, 0.1) is 5.02 Å². The first-order chi connectivity index (χ1) is 6.69. The number of methoxy groups -OCH3 is 1. The van der Waals surface area contributed by atoms with Gasteiger partial charge in [-0.2, -0.15) is 0 Å². The highest BCUT2D eigenvalue weighted by atomic mass is 35.5. The molecular weight excluding hydrogens is 225 g/mol. The first kappa shape index (κ1) is 11.6. The molecule has 1 aromatic carbocycles. The molecule has 1 aromatic rings. The standard InChI is InChI=1S/C9H11Cl2NO2/c1-13-5-14-9-6(4-12)2-7(10)3-8(9)11/h2-3H,4-5,12H2,1H3. The van der Waals surface area contributed by atoms with Crippen LogP contribution >= 0.6 is 23.2 Å². The maximum absolute atomic E-state index is 5.93. The van der Waals surface area contributed by atoms with Gasteiger partial charge >= 0.3 is 0 Å². The predicted octanol–water partition coefficient (Wildman–Crippen LogP) is 2.43. The Hall–Kier alpha value is -0.480. The molecule has 0 unspecified atom stereocenters. The van der Waals surface area contributed by atoms with Gasteiger partial charge in [-0.1, -0.05) is 23.2 Å². The lowest BCUT2D eigenvalue weighted by atomic mass is 10.2. The van der Waals surface area contributed by atoms with Crippen LogP contribution in [0.2, 0.25) is 10.0 Å². The van der Waals surface area contributed by atoms with E-state index >= 15 is 0 Å². The maximum atomic E-state index is 5.93. The zero-order chi connectivity index (χ0) is 10.6. The van der Waals surface area contributed by atoms with Crippen LogP contribution in [0.3, 0.4) is 0 Å². The number of ether oxygens (including phenoxy) is 2. The van der Waals surface area contributed by atoms with Crippen molar-refractivity contribution < 1.29 is 9.47 Å². The van der Waals surface area contributed by atoms with Gasteiger partial charge in [0.15, 0.2) is 6.79 Å². The molecule has 0 amide bonds. The maximum Gasteiger partial charge on any atom is 0.188 e. The average Bonchev–Trinajstić information content (AvgIpc) is 2.15. The Balaban J connectivity index is 2.99. The molecule has 0 aliphatic carbocycles. The second kappa shape index (κ2) is 5.41. The van der Waals surface area contributed by atoms with Gasteiger partial charge in [0.1, 0.15) is 5.75 Å². The molecule has 0 bridgehead atoms. The van der Waals surface area contributed by atoms with Crippen molar-refractivity contribution in [2.24, 2.45) is 5.73 Å². The zero-order valence-electron chi connectivity index (χ0n) is 7.72.